The number of benzene rings is 1. The Hall–Kier alpha value is -0.840. The van der Waals surface area contributed by atoms with Gasteiger partial charge in [-0.1, -0.05) is 29.8 Å². The second-order valence-corrected chi connectivity index (χ2v) is 6.36. The van der Waals surface area contributed by atoms with Crippen molar-refractivity contribution in [2.45, 2.75) is 39.8 Å². The lowest BCUT2D eigenvalue weighted by Gasteiger charge is -2.20. The monoisotopic (exact) mass is 369 g/mol. The summed E-state index contributed by atoms with van der Waals surface area (Å²) in [5.74, 6) is 0. The average molecular weight is 371 g/mol. The maximum Gasteiger partial charge on any atom is 0.0738 e. The first-order valence-electron chi connectivity index (χ1n) is 7.13. The van der Waals surface area contributed by atoms with Crippen molar-refractivity contribution < 1.29 is 0 Å². The molecule has 0 radical (unpaired) electrons. The zero-order valence-electron chi connectivity index (χ0n) is 12.9. The Morgan fingerprint density at radius 3 is 2.71 bits per heavy atom. The molecule has 0 bridgehead atoms. The van der Waals surface area contributed by atoms with Gasteiger partial charge in [-0.25, -0.2) is 0 Å². The summed E-state index contributed by atoms with van der Waals surface area (Å²) in [4.78, 5) is 0. The van der Waals surface area contributed by atoms with Crippen molar-refractivity contribution >= 4 is 27.5 Å². The van der Waals surface area contributed by atoms with Crippen LogP contribution in [0.3, 0.4) is 0 Å². The quantitative estimate of drug-likeness (QED) is 0.843. The molecule has 1 atom stereocenters. The first-order valence-corrected chi connectivity index (χ1v) is 8.30. The van der Waals surface area contributed by atoms with Crippen LogP contribution < -0.4 is 5.32 Å². The molecule has 0 saturated heterocycles. The van der Waals surface area contributed by atoms with Crippen LogP contribution in [0.25, 0.3) is 0 Å². The average Bonchev–Trinajstić information content (AvgIpc) is 2.75. The number of nitrogens with one attached hydrogen (secondary N) is 1. The van der Waals surface area contributed by atoms with Crippen molar-refractivity contribution in [1.29, 1.82) is 0 Å². The van der Waals surface area contributed by atoms with E-state index in [1.54, 1.807) is 0 Å². The minimum Gasteiger partial charge on any atom is -0.313 e. The summed E-state index contributed by atoms with van der Waals surface area (Å²) in [6.45, 7) is 7.03. The van der Waals surface area contributed by atoms with Gasteiger partial charge in [-0.15, -0.1) is 0 Å². The van der Waals surface area contributed by atoms with Gasteiger partial charge in [0.15, 0.2) is 0 Å². The highest BCUT2D eigenvalue weighted by Gasteiger charge is 2.20. The number of nitrogens with zero attached hydrogens (tertiary/aromatic N) is 2. The van der Waals surface area contributed by atoms with Crippen LogP contribution in [0.4, 0.5) is 0 Å². The molecule has 0 aliphatic rings. The SMILES string of the molecule is CCn1nc(C)c(Br)c1CC(NC)c1cccc(C)c1Cl. The van der Waals surface area contributed by atoms with Crippen molar-refractivity contribution in [3.63, 3.8) is 0 Å². The van der Waals surface area contributed by atoms with Crippen LogP contribution in [-0.4, -0.2) is 16.8 Å². The molecule has 114 valence electrons. The molecule has 0 aliphatic carbocycles. The number of hydrogen-bond acceptors (Lipinski definition) is 2. The fourth-order valence-corrected chi connectivity index (χ4v) is 3.27. The van der Waals surface area contributed by atoms with Gasteiger partial charge in [0.25, 0.3) is 0 Å². The molecule has 0 spiro atoms. The minimum absolute atomic E-state index is 0.162. The van der Waals surface area contributed by atoms with Crippen molar-refractivity contribution in [3.05, 3.63) is 50.2 Å². The number of hydrogen-bond donors (Lipinski definition) is 1. The lowest BCUT2D eigenvalue weighted by Crippen LogP contribution is -2.21. The third kappa shape index (κ3) is 3.33. The van der Waals surface area contributed by atoms with E-state index in [1.807, 2.05) is 31.6 Å². The van der Waals surface area contributed by atoms with Gasteiger partial charge in [0, 0.05) is 24.0 Å². The fraction of sp³-hybridized carbons (Fsp3) is 0.438. The molecule has 3 nitrogen and oxygen atoms in total. The molecule has 0 aliphatic heterocycles. The van der Waals surface area contributed by atoms with Gasteiger partial charge in [0.2, 0.25) is 0 Å². The van der Waals surface area contributed by atoms with E-state index in [2.05, 4.69) is 45.4 Å². The van der Waals surface area contributed by atoms with E-state index in [1.165, 1.54) is 5.69 Å². The van der Waals surface area contributed by atoms with Gasteiger partial charge < -0.3 is 5.32 Å². The van der Waals surface area contributed by atoms with Gasteiger partial charge in [0.1, 0.15) is 0 Å². The third-order valence-electron chi connectivity index (χ3n) is 3.80. The molecule has 21 heavy (non-hydrogen) atoms. The summed E-state index contributed by atoms with van der Waals surface area (Å²) in [6, 6.07) is 6.34. The van der Waals surface area contributed by atoms with Gasteiger partial charge in [-0.05, 0) is 54.9 Å². The molecule has 1 N–H and O–H groups in total. The largest absolute Gasteiger partial charge is 0.313 e. The molecule has 1 aromatic heterocycles. The normalized spacial score (nSPS) is 12.7. The standard InChI is InChI=1S/C16H21BrClN3/c1-5-21-14(15(17)11(3)20-21)9-13(19-4)12-8-6-7-10(2)16(12)18/h6-8,13,19H,5,9H2,1-4H3. The highest BCUT2D eigenvalue weighted by molar-refractivity contribution is 9.10. The van der Waals surface area contributed by atoms with E-state index in [-0.39, 0.29) is 6.04 Å². The number of likely N-dealkylation sites (N-methyl/N-ethyl adjacent to an activating group) is 1. The Labute approximate surface area is 139 Å². The second-order valence-electron chi connectivity index (χ2n) is 5.19. The topological polar surface area (TPSA) is 29.9 Å². The lowest BCUT2D eigenvalue weighted by molar-refractivity contribution is 0.540. The summed E-state index contributed by atoms with van der Waals surface area (Å²) in [7, 11) is 1.97. The molecule has 0 amide bonds. The van der Waals surface area contributed by atoms with Crippen LogP contribution in [0.1, 0.15) is 35.5 Å². The van der Waals surface area contributed by atoms with Crippen LogP contribution in [0, 0.1) is 13.8 Å². The van der Waals surface area contributed by atoms with Crippen molar-refractivity contribution in [3.8, 4) is 0 Å². The number of rotatable bonds is 5. The van der Waals surface area contributed by atoms with Crippen LogP contribution in [0.5, 0.6) is 0 Å². The van der Waals surface area contributed by atoms with Crippen molar-refractivity contribution in [2.75, 3.05) is 7.05 Å². The van der Waals surface area contributed by atoms with Crippen LogP contribution >= 0.6 is 27.5 Å². The highest BCUT2D eigenvalue weighted by Crippen LogP contribution is 2.31. The van der Waals surface area contributed by atoms with E-state index in [4.69, 9.17) is 11.6 Å². The van der Waals surface area contributed by atoms with E-state index in [9.17, 15) is 0 Å². The van der Waals surface area contributed by atoms with Gasteiger partial charge >= 0.3 is 0 Å². The Balaban J connectivity index is 2.38. The number of aromatic nitrogens is 2. The van der Waals surface area contributed by atoms with Crippen LogP contribution in [-0.2, 0) is 13.0 Å². The van der Waals surface area contributed by atoms with Gasteiger partial charge in [-0.2, -0.15) is 5.10 Å². The van der Waals surface area contributed by atoms with Crippen LogP contribution in [0.15, 0.2) is 22.7 Å². The zero-order valence-corrected chi connectivity index (χ0v) is 15.2. The Morgan fingerprint density at radius 1 is 1.38 bits per heavy atom. The molecular formula is C16H21BrClN3. The molecule has 5 heteroatoms. The summed E-state index contributed by atoms with van der Waals surface area (Å²) < 4.78 is 3.14. The maximum atomic E-state index is 6.48. The van der Waals surface area contributed by atoms with Gasteiger partial charge in [-0.3, -0.25) is 4.68 Å². The van der Waals surface area contributed by atoms with Crippen molar-refractivity contribution in [2.24, 2.45) is 0 Å². The molecule has 2 aromatic rings. The molecule has 1 unspecified atom stereocenters. The van der Waals surface area contributed by atoms with E-state index in [0.717, 1.165) is 39.3 Å². The third-order valence-corrected chi connectivity index (χ3v) is 5.34. The summed E-state index contributed by atoms with van der Waals surface area (Å²) in [5, 5.41) is 8.78. The summed E-state index contributed by atoms with van der Waals surface area (Å²) in [6.07, 6.45) is 0.842. The second kappa shape index (κ2) is 6.95. The highest BCUT2D eigenvalue weighted by atomic mass is 79.9. The van der Waals surface area contributed by atoms with E-state index < -0.39 is 0 Å². The predicted molar refractivity (Wildman–Crippen MR) is 92.0 cm³/mol. The lowest BCUT2D eigenvalue weighted by atomic mass is 10.00. The number of aryl methyl sites for hydroxylation is 3. The van der Waals surface area contributed by atoms with E-state index >= 15 is 0 Å². The fourth-order valence-electron chi connectivity index (χ4n) is 2.56. The minimum atomic E-state index is 0.162. The molecule has 0 saturated carbocycles. The molecule has 1 heterocycles. The molecule has 0 fully saturated rings. The Bertz CT molecular complexity index is 637. The molecule has 2 rings (SSSR count). The molecule has 1 aromatic carbocycles. The van der Waals surface area contributed by atoms with Crippen molar-refractivity contribution in [1.82, 2.24) is 15.1 Å². The van der Waals surface area contributed by atoms with Crippen LogP contribution in [0.2, 0.25) is 5.02 Å². The molecular weight excluding hydrogens is 350 g/mol. The Morgan fingerprint density at radius 2 is 2.10 bits per heavy atom. The zero-order chi connectivity index (χ0) is 15.6. The summed E-state index contributed by atoms with van der Waals surface area (Å²) in [5.41, 5.74) is 4.46. The Kier molecular flexibility index (Phi) is 5.47. The smallest absolute Gasteiger partial charge is 0.0738 e. The predicted octanol–water partition coefficient (Wildman–Crippen LogP) is 4.44. The number of halogens is 2. The first-order chi connectivity index (χ1) is 9.99. The maximum absolute atomic E-state index is 6.48. The summed E-state index contributed by atoms with van der Waals surface area (Å²) >= 11 is 10.1. The first kappa shape index (κ1) is 16.5. The van der Waals surface area contributed by atoms with Gasteiger partial charge in [0.05, 0.1) is 15.9 Å². The van der Waals surface area contributed by atoms with E-state index in [0.29, 0.717) is 0 Å².